The molecule has 0 atom stereocenters. The summed E-state index contributed by atoms with van der Waals surface area (Å²) < 4.78 is 13.1. The van der Waals surface area contributed by atoms with Crippen LogP contribution in [0.4, 0.5) is 4.39 Å². The monoisotopic (exact) mass is 217 g/mol. The minimum atomic E-state index is -0.289. The van der Waals surface area contributed by atoms with Crippen molar-refractivity contribution in [1.82, 2.24) is 9.97 Å². The van der Waals surface area contributed by atoms with Crippen LogP contribution in [0.3, 0.4) is 0 Å². The van der Waals surface area contributed by atoms with Crippen molar-refractivity contribution in [3.8, 4) is 11.4 Å². The van der Waals surface area contributed by atoms with Crippen molar-refractivity contribution in [2.45, 2.75) is 13.5 Å². The number of nitrogens with two attached hydrogens (primary N) is 1. The van der Waals surface area contributed by atoms with Gasteiger partial charge in [-0.15, -0.1) is 0 Å². The Morgan fingerprint density at radius 3 is 2.88 bits per heavy atom. The van der Waals surface area contributed by atoms with Crippen LogP contribution in [0.1, 0.15) is 11.3 Å². The van der Waals surface area contributed by atoms with E-state index in [1.807, 2.05) is 6.92 Å². The average molecular weight is 217 g/mol. The summed E-state index contributed by atoms with van der Waals surface area (Å²) in [4.78, 5) is 8.39. The zero-order valence-corrected chi connectivity index (χ0v) is 8.94. The zero-order chi connectivity index (χ0) is 11.5. The number of aromatic nitrogens is 2. The topological polar surface area (TPSA) is 51.8 Å². The molecule has 16 heavy (non-hydrogen) atoms. The van der Waals surface area contributed by atoms with E-state index >= 15 is 0 Å². The maximum Gasteiger partial charge on any atom is 0.159 e. The normalized spacial score (nSPS) is 10.4. The Hall–Kier alpha value is -1.81. The molecule has 1 aromatic heterocycles. The predicted molar refractivity (Wildman–Crippen MR) is 60.1 cm³/mol. The standard InChI is InChI=1S/C12H12FN3/c1-8-2-3-9(13)6-11(8)12-15-5-4-10(7-14)16-12/h2-6H,7,14H2,1H3. The van der Waals surface area contributed by atoms with Crippen molar-refractivity contribution in [3.05, 3.63) is 47.5 Å². The average Bonchev–Trinajstić information content (AvgIpc) is 2.32. The van der Waals surface area contributed by atoms with Gasteiger partial charge in [0.05, 0.1) is 5.69 Å². The predicted octanol–water partition coefficient (Wildman–Crippen LogP) is 2.05. The molecule has 0 aliphatic heterocycles. The molecule has 0 fully saturated rings. The lowest BCUT2D eigenvalue weighted by molar-refractivity contribution is 0.627. The first kappa shape index (κ1) is 10.7. The van der Waals surface area contributed by atoms with Crippen molar-refractivity contribution in [2.24, 2.45) is 5.73 Å². The minimum Gasteiger partial charge on any atom is -0.325 e. The van der Waals surface area contributed by atoms with Gasteiger partial charge < -0.3 is 5.73 Å². The molecule has 0 radical (unpaired) electrons. The highest BCUT2D eigenvalue weighted by Gasteiger charge is 2.06. The van der Waals surface area contributed by atoms with Gasteiger partial charge in [0.1, 0.15) is 5.82 Å². The third kappa shape index (κ3) is 2.06. The molecule has 0 spiro atoms. The highest BCUT2D eigenvalue weighted by molar-refractivity contribution is 5.59. The summed E-state index contributed by atoms with van der Waals surface area (Å²) in [6.45, 7) is 2.25. The molecule has 4 heteroatoms. The van der Waals surface area contributed by atoms with Gasteiger partial charge in [0.15, 0.2) is 5.82 Å². The molecule has 1 aromatic carbocycles. The van der Waals surface area contributed by atoms with Gasteiger partial charge in [-0.25, -0.2) is 14.4 Å². The number of rotatable bonds is 2. The van der Waals surface area contributed by atoms with Gasteiger partial charge in [0, 0.05) is 18.3 Å². The van der Waals surface area contributed by atoms with Crippen molar-refractivity contribution in [1.29, 1.82) is 0 Å². The fraction of sp³-hybridized carbons (Fsp3) is 0.167. The van der Waals surface area contributed by atoms with E-state index in [1.54, 1.807) is 18.3 Å². The molecule has 0 aliphatic carbocycles. The van der Waals surface area contributed by atoms with E-state index in [0.29, 0.717) is 17.9 Å². The Morgan fingerprint density at radius 1 is 1.31 bits per heavy atom. The lowest BCUT2D eigenvalue weighted by Gasteiger charge is -2.05. The Labute approximate surface area is 93.2 Å². The Morgan fingerprint density at radius 2 is 2.12 bits per heavy atom. The summed E-state index contributed by atoms with van der Waals surface area (Å²) in [5, 5.41) is 0. The largest absolute Gasteiger partial charge is 0.325 e. The second-order valence-corrected chi connectivity index (χ2v) is 3.53. The molecule has 3 nitrogen and oxygen atoms in total. The Kier molecular flexibility index (Phi) is 2.92. The third-order valence-electron chi connectivity index (χ3n) is 2.36. The molecule has 1 heterocycles. The SMILES string of the molecule is Cc1ccc(F)cc1-c1nccc(CN)n1. The molecule has 0 bridgehead atoms. The van der Waals surface area contributed by atoms with Gasteiger partial charge in [0.25, 0.3) is 0 Å². The molecule has 0 saturated heterocycles. The molecule has 0 aliphatic rings. The van der Waals surface area contributed by atoms with Crippen LogP contribution in [0.15, 0.2) is 30.5 Å². The van der Waals surface area contributed by atoms with E-state index in [0.717, 1.165) is 11.3 Å². The summed E-state index contributed by atoms with van der Waals surface area (Å²) in [6.07, 6.45) is 1.63. The maximum absolute atomic E-state index is 13.1. The molecule has 82 valence electrons. The van der Waals surface area contributed by atoms with Crippen LogP contribution < -0.4 is 5.73 Å². The first-order chi connectivity index (χ1) is 7.70. The fourth-order valence-corrected chi connectivity index (χ4v) is 1.47. The summed E-state index contributed by atoms with van der Waals surface area (Å²) >= 11 is 0. The number of halogens is 1. The van der Waals surface area contributed by atoms with Crippen molar-refractivity contribution in [2.75, 3.05) is 0 Å². The lowest BCUT2D eigenvalue weighted by Crippen LogP contribution is -2.02. The van der Waals surface area contributed by atoms with Gasteiger partial charge in [-0.05, 0) is 30.7 Å². The van der Waals surface area contributed by atoms with Crippen LogP contribution >= 0.6 is 0 Å². The molecular weight excluding hydrogens is 205 g/mol. The summed E-state index contributed by atoms with van der Waals surface area (Å²) in [5.41, 5.74) is 7.89. The van der Waals surface area contributed by atoms with Gasteiger partial charge in [-0.1, -0.05) is 6.07 Å². The van der Waals surface area contributed by atoms with Crippen molar-refractivity contribution < 1.29 is 4.39 Å². The molecule has 2 aromatic rings. The maximum atomic E-state index is 13.1. The van der Waals surface area contributed by atoms with Crippen LogP contribution in [-0.4, -0.2) is 9.97 Å². The second-order valence-electron chi connectivity index (χ2n) is 3.53. The molecule has 0 unspecified atom stereocenters. The first-order valence-electron chi connectivity index (χ1n) is 4.99. The Balaban J connectivity index is 2.53. The van der Waals surface area contributed by atoms with Gasteiger partial charge in [0.2, 0.25) is 0 Å². The van der Waals surface area contributed by atoms with E-state index < -0.39 is 0 Å². The van der Waals surface area contributed by atoms with E-state index in [4.69, 9.17) is 5.73 Å². The van der Waals surface area contributed by atoms with Crippen molar-refractivity contribution in [3.63, 3.8) is 0 Å². The third-order valence-corrected chi connectivity index (χ3v) is 2.36. The number of hydrogen-bond donors (Lipinski definition) is 1. The van der Waals surface area contributed by atoms with Crippen LogP contribution in [0, 0.1) is 12.7 Å². The Bertz CT molecular complexity index is 511. The smallest absolute Gasteiger partial charge is 0.159 e. The van der Waals surface area contributed by atoms with E-state index in [2.05, 4.69) is 9.97 Å². The molecule has 0 amide bonds. The van der Waals surface area contributed by atoms with E-state index in [-0.39, 0.29) is 5.82 Å². The van der Waals surface area contributed by atoms with Crippen LogP contribution in [0.25, 0.3) is 11.4 Å². The summed E-state index contributed by atoms with van der Waals surface area (Å²) in [6, 6.07) is 6.32. The minimum absolute atomic E-state index is 0.289. The van der Waals surface area contributed by atoms with E-state index in [9.17, 15) is 4.39 Å². The number of aryl methyl sites for hydroxylation is 1. The molecule has 0 saturated carbocycles. The number of hydrogen-bond acceptors (Lipinski definition) is 3. The molecule has 2 N–H and O–H groups in total. The first-order valence-corrected chi connectivity index (χ1v) is 4.99. The zero-order valence-electron chi connectivity index (χ0n) is 8.94. The van der Waals surface area contributed by atoms with E-state index in [1.165, 1.54) is 12.1 Å². The highest BCUT2D eigenvalue weighted by atomic mass is 19.1. The van der Waals surface area contributed by atoms with Gasteiger partial charge in [-0.2, -0.15) is 0 Å². The summed E-state index contributed by atoms with van der Waals surface area (Å²) in [5.74, 6) is 0.224. The second kappa shape index (κ2) is 4.37. The quantitative estimate of drug-likeness (QED) is 0.837. The highest BCUT2D eigenvalue weighted by Crippen LogP contribution is 2.20. The summed E-state index contributed by atoms with van der Waals surface area (Å²) in [7, 11) is 0. The van der Waals surface area contributed by atoms with Crippen molar-refractivity contribution >= 4 is 0 Å². The molecular formula is C12H12FN3. The lowest BCUT2D eigenvalue weighted by atomic mass is 10.1. The van der Waals surface area contributed by atoms with Crippen LogP contribution in [-0.2, 0) is 6.54 Å². The number of nitrogens with zero attached hydrogens (tertiary/aromatic N) is 2. The van der Waals surface area contributed by atoms with Gasteiger partial charge in [-0.3, -0.25) is 0 Å². The van der Waals surface area contributed by atoms with Gasteiger partial charge >= 0.3 is 0 Å². The van der Waals surface area contributed by atoms with Crippen LogP contribution in [0.5, 0.6) is 0 Å². The van der Waals surface area contributed by atoms with Crippen LogP contribution in [0.2, 0.25) is 0 Å². The molecule has 2 rings (SSSR count). The fourth-order valence-electron chi connectivity index (χ4n) is 1.47. The number of benzene rings is 1.